The Kier molecular flexibility index (Phi) is 4.19. The third kappa shape index (κ3) is 3.30. The molecule has 0 amide bonds. The molecule has 1 aromatic carbocycles. The largest absolute Gasteiger partial charge is 0.371 e. The molecule has 1 aliphatic rings. The predicted octanol–water partition coefficient (Wildman–Crippen LogP) is 3.07. The van der Waals surface area contributed by atoms with Crippen LogP contribution in [0, 0.1) is 12.8 Å². The molecule has 1 aliphatic heterocycles. The van der Waals surface area contributed by atoms with Gasteiger partial charge in [0.1, 0.15) is 0 Å². The summed E-state index contributed by atoms with van der Waals surface area (Å²) in [5.41, 5.74) is 2.64. The number of hydrogen-bond acceptors (Lipinski definition) is 2. The zero-order valence-electron chi connectivity index (χ0n) is 11.1. The number of nitrogens with one attached hydrogen (secondary N) is 1. The van der Waals surface area contributed by atoms with Gasteiger partial charge in [0.05, 0.1) is 12.7 Å². The summed E-state index contributed by atoms with van der Waals surface area (Å²) in [7, 11) is 0. The number of rotatable bonds is 3. The third-order valence-electron chi connectivity index (χ3n) is 3.38. The first kappa shape index (κ1) is 12.6. The Labute approximate surface area is 104 Å². The van der Waals surface area contributed by atoms with E-state index in [0.29, 0.717) is 6.04 Å². The van der Waals surface area contributed by atoms with E-state index in [-0.39, 0.29) is 6.10 Å². The first-order valence-electron chi connectivity index (χ1n) is 6.57. The van der Waals surface area contributed by atoms with Gasteiger partial charge in [0, 0.05) is 12.6 Å². The lowest BCUT2D eigenvalue weighted by Crippen LogP contribution is -2.43. The van der Waals surface area contributed by atoms with Crippen LogP contribution >= 0.6 is 0 Å². The molecule has 0 aliphatic carbocycles. The van der Waals surface area contributed by atoms with Crippen LogP contribution in [0.1, 0.15) is 37.5 Å². The molecule has 1 fully saturated rings. The molecule has 2 rings (SSSR count). The zero-order valence-corrected chi connectivity index (χ0v) is 11.1. The van der Waals surface area contributed by atoms with Crippen molar-refractivity contribution in [1.82, 2.24) is 5.32 Å². The predicted molar refractivity (Wildman–Crippen MR) is 71.1 cm³/mol. The third-order valence-corrected chi connectivity index (χ3v) is 3.38. The van der Waals surface area contributed by atoms with Crippen molar-refractivity contribution in [3.05, 3.63) is 35.4 Å². The molecule has 2 nitrogen and oxygen atoms in total. The van der Waals surface area contributed by atoms with E-state index in [1.807, 2.05) is 0 Å². The number of benzene rings is 1. The highest BCUT2D eigenvalue weighted by molar-refractivity contribution is 5.28. The van der Waals surface area contributed by atoms with Gasteiger partial charge < -0.3 is 10.1 Å². The van der Waals surface area contributed by atoms with Crippen LogP contribution in [-0.2, 0) is 4.74 Å². The Morgan fingerprint density at radius 3 is 2.71 bits per heavy atom. The average molecular weight is 233 g/mol. The van der Waals surface area contributed by atoms with Gasteiger partial charge in [0.25, 0.3) is 0 Å². The van der Waals surface area contributed by atoms with Gasteiger partial charge in [-0.1, -0.05) is 38.1 Å². The molecule has 0 spiro atoms. The van der Waals surface area contributed by atoms with Crippen molar-refractivity contribution >= 4 is 0 Å². The standard InChI is InChI=1S/C15H23NO/c1-11(2)8-13-10-17-15(9-16-13)14-7-5-4-6-12(14)3/h4-7,11,13,15-16H,8-10H2,1-3H3. The summed E-state index contributed by atoms with van der Waals surface area (Å²) in [6.07, 6.45) is 1.42. The van der Waals surface area contributed by atoms with Gasteiger partial charge in [0.15, 0.2) is 0 Å². The highest BCUT2D eigenvalue weighted by Gasteiger charge is 2.23. The van der Waals surface area contributed by atoms with Crippen molar-refractivity contribution < 1.29 is 4.74 Å². The SMILES string of the molecule is Cc1ccccc1C1CNC(CC(C)C)CO1. The summed E-state index contributed by atoms with van der Waals surface area (Å²) in [5.74, 6) is 0.728. The van der Waals surface area contributed by atoms with Gasteiger partial charge in [-0.25, -0.2) is 0 Å². The Hall–Kier alpha value is -0.860. The van der Waals surface area contributed by atoms with Crippen LogP contribution in [0.25, 0.3) is 0 Å². The first-order valence-corrected chi connectivity index (χ1v) is 6.57. The van der Waals surface area contributed by atoms with E-state index in [9.17, 15) is 0 Å². The number of hydrogen-bond donors (Lipinski definition) is 1. The molecule has 2 heteroatoms. The second-order valence-corrected chi connectivity index (χ2v) is 5.41. The summed E-state index contributed by atoms with van der Waals surface area (Å²) < 4.78 is 6.00. The molecule has 2 atom stereocenters. The number of morpholine rings is 1. The van der Waals surface area contributed by atoms with E-state index in [0.717, 1.165) is 19.1 Å². The molecule has 1 N–H and O–H groups in total. The molecule has 0 bridgehead atoms. The summed E-state index contributed by atoms with van der Waals surface area (Å²) >= 11 is 0. The lowest BCUT2D eigenvalue weighted by molar-refractivity contribution is -0.00162. The van der Waals surface area contributed by atoms with E-state index >= 15 is 0 Å². The van der Waals surface area contributed by atoms with Crippen LogP contribution in [0.2, 0.25) is 0 Å². The Morgan fingerprint density at radius 2 is 2.12 bits per heavy atom. The fourth-order valence-electron chi connectivity index (χ4n) is 2.49. The Bertz CT molecular complexity index is 354. The Balaban J connectivity index is 1.93. The maximum Gasteiger partial charge on any atom is 0.0952 e. The van der Waals surface area contributed by atoms with Crippen LogP contribution in [0.4, 0.5) is 0 Å². The second kappa shape index (κ2) is 5.65. The normalized spacial score (nSPS) is 25.2. The van der Waals surface area contributed by atoms with Gasteiger partial charge in [-0.3, -0.25) is 0 Å². The molecular weight excluding hydrogens is 210 g/mol. The van der Waals surface area contributed by atoms with Crippen LogP contribution in [0.3, 0.4) is 0 Å². The fraction of sp³-hybridized carbons (Fsp3) is 0.600. The van der Waals surface area contributed by atoms with Gasteiger partial charge in [-0.15, -0.1) is 0 Å². The van der Waals surface area contributed by atoms with Crippen molar-refractivity contribution in [3.8, 4) is 0 Å². The Morgan fingerprint density at radius 1 is 1.35 bits per heavy atom. The maximum absolute atomic E-state index is 6.00. The fourth-order valence-corrected chi connectivity index (χ4v) is 2.49. The van der Waals surface area contributed by atoms with Crippen molar-refractivity contribution in [1.29, 1.82) is 0 Å². The zero-order chi connectivity index (χ0) is 12.3. The van der Waals surface area contributed by atoms with Crippen LogP contribution in [0.5, 0.6) is 0 Å². The smallest absolute Gasteiger partial charge is 0.0952 e. The van der Waals surface area contributed by atoms with E-state index in [1.54, 1.807) is 0 Å². The lowest BCUT2D eigenvalue weighted by Gasteiger charge is -2.32. The monoisotopic (exact) mass is 233 g/mol. The van der Waals surface area contributed by atoms with Gasteiger partial charge in [-0.05, 0) is 30.4 Å². The van der Waals surface area contributed by atoms with Crippen molar-refractivity contribution in [2.45, 2.75) is 39.3 Å². The first-order chi connectivity index (χ1) is 8.16. The number of ether oxygens (including phenoxy) is 1. The minimum Gasteiger partial charge on any atom is -0.371 e. The molecule has 1 aromatic rings. The van der Waals surface area contributed by atoms with Crippen LogP contribution < -0.4 is 5.32 Å². The maximum atomic E-state index is 6.00. The second-order valence-electron chi connectivity index (χ2n) is 5.41. The van der Waals surface area contributed by atoms with Crippen molar-refractivity contribution in [2.75, 3.05) is 13.2 Å². The van der Waals surface area contributed by atoms with E-state index in [2.05, 4.69) is 50.4 Å². The van der Waals surface area contributed by atoms with E-state index < -0.39 is 0 Å². The molecule has 1 saturated heterocycles. The van der Waals surface area contributed by atoms with Crippen LogP contribution in [-0.4, -0.2) is 19.2 Å². The van der Waals surface area contributed by atoms with Gasteiger partial charge in [0.2, 0.25) is 0 Å². The summed E-state index contributed by atoms with van der Waals surface area (Å²) in [6.45, 7) is 8.43. The summed E-state index contributed by atoms with van der Waals surface area (Å²) in [4.78, 5) is 0. The average Bonchev–Trinajstić information content (AvgIpc) is 2.30. The van der Waals surface area contributed by atoms with Crippen LogP contribution in [0.15, 0.2) is 24.3 Å². The molecule has 2 unspecified atom stereocenters. The number of aryl methyl sites for hydroxylation is 1. The van der Waals surface area contributed by atoms with E-state index in [4.69, 9.17) is 4.74 Å². The van der Waals surface area contributed by atoms with Gasteiger partial charge in [-0.2, -0.15) is 0 Å². The minimum atomic E-state index is 0.222. The highest BCUT2D eigenvalue weighted by Crippen LogP contribution is 2.24. The molecule has 17 heavy (non-hydrogen) atoms. The highest BCUT2D eigenvalue weighted by atomic mass is 16.5. The van der Waals surface area contributed by atoms with Gasteiger partial charge >= 0.3 is 0 Å². The molecular formula is C15H23NO. The molecule has 0 radical (unpaired) electrons. The molecule has 0 aromatic heterocycles. The lowest BCUT2D eigenvalue weighted by atomic mass is 9.99. The molecule has 94 valence electrons. The summed E-state index contributed by atoms with van der Waals surface area (Å²) in [5, 5.41) is 3.60. The van der Waals surface area contributed by atoms with E-state index in [1.165, 1.54) is 17.5 Å². The molecule has 0 saturated carbocycles. The quantitative estimate of drug-likeness (QED) is 0.866. The minimum absolute atomic E-state index is 0.222. The summed E-state index contributed by atoms with van der Waals surface area (Å²) in [6, 6.07) is 9.02. The molecule has 1 heterocycles. The topological polar surface area (TPSA) is 21.3 Å². The van der Waals surface area contributed by atoms with Crippen molar-refractivity contribution in [3.63, 3.8) is 0 Å². The van der Waals surface area contributed by atoms with Crippen molar-refractivity contribution in [2.24, 2.45) is 5.92 Å².